The SMILES string of the molecule is COc1ccccc1N1CCN(C(=O)C2CN(C)c3ccccc32)CC1. The first-order valence-electron chi connectivity index (χ1n) is 9.16. The van der Waals surface area contributed by atoms with Crippen molar-refractivity contribution in [1.82, 2.24) is 4.90 Å². The van der Waals surface area contributed by atoms with Crippen molar-refractivity contribution in [2.75, 3.05) is 56.7 Å². The lowest BCUT2D eigenvalue weighted by atomic mass is 9.99. The summed E-state index contributed by atoms with van der Waals surface area (Å²) in [6, 6.07) is 16.3. The third-order valence-electron chi connectivity index (χ3n) is 5.50. The lowest BCUT2D eigenvalue weighted by Gasteiger charge is -2.37. The zero-order chi connectivity index (χ0) is 18.1. The average molecular weight is 351 g/mol. The predicted octanol–water partition coefficient (Wildman–Crippen LogP) is 2.58. The van der Waals surface area contributed by atoms with Crippen LogP contribution >= 0.6 is 0 Å². The van der Waals surface area contributed by atoms with Gasteiger partial charge in [0.05, 0.1) is 18.7 Å². The smallest absolute Gasteiger partial charge is 0.232 e. The molecule has 1 fully saturated rings. The van der Waals surface area contributed by atoms with Crippen LogP contribution in [-0.2, 0) is 4.79 Å². The largest absolute Gasteiger partial charge is 0.495 e. The van der Waals surface area contributed by atoms with Gasteiger partial charge in [-0.3, -0.25) is 4.79 Å². The lowest BCUT2D eigenvalue weighted by Crippen LogP contribution is -2.50. The number of hydrogen-bond acceptors (Lipinski definition) is 4. The van der Waals surface area contributed by atoms with Gasteiger partial charge in [0.25, 0.3) is 0 Å². The molecular formula is C21H25N3O2. The van der Waals surface area contributed by atoms with Gasteiger partial charge in [-0.1, -0.05) is 30.3 Å². The average Bonchev–Trinajstić information content (AvgIpc) is 3.04. The number of carbonyl (C=O) groups is 1. The van der Waals surface area contributed by atoms with Gasteiger partial charge in [-0.05, 0) is 23.8 Å². The van der Waals surface area contributed by atoms with Crippen molar-refractivity contribution in [2.24, 2.45) is 0 Å². The molecule has 5 heteroatoms. The Hall–Kier alpha value is -2.69. The molecule has 136 valence electrons. The Bertz CT molecular complexity index is 799. The summed E-state index contributed by atoms with van der Waals surface area (Å²) in [5.74, 6) is 1.09. The fraction of sp³-hybridized carbons (Fsp3) is 0.381. The summed E-state index contributed by atoms with van der Waals surface area (Å²) in [7, 11) is 3.76. The van der Waals surface area contributed by atoms with Gasteiger partial charge in [-0.25, -0.2) is 0 Å². The van der Waals surface area contributed by atoms with E-state index in [1.165, 1.54) is 5.69 Å². The van der Waals surface area contributed by atoms with Crippen molar-refractivity contribution in [3.63, 3.8) is 0 Å². The van der Waals surface area contributed by atoms with Gasteiger partial charge < -0.3 is 19.4 Å². The highest BCUT2D eigenvalue weighted by molar-refractivity contribution is 5.88. The van der Waals surface area contributed by atoms with Crippen molar-refractivity contribution in [3.05, 3.63) is 54.1 Å². The van der Waals surface area contributed by atoms with Crippen LogP contribution in [0.2, 0.25) is 0 Å². The van der Waals surface area contributed by atoms with E-state index in [1.54, 1.807) is 7.11 Å². The predicted molar refractivity (Wildman–Crippen MR) is 104 cm³/mol. The number of anilines is 2. The van der Waals surface area contributed by atoms with Gasteiger partial charge >= 0.3 is 0 Å². The van der Waals surface area contributed by atoms with Gasteiger partial charge in [0, 0.05) is 45.5 Å². The van der Waals surface area contributed by atoms with E-state index in [2.05, 4.69) is 35.0 Å². The van der Waals surface area contributed by atoms with Gasteiger partial charge in [0.1, 0.15) is 5.75 Å². The van der Waals surface area contributed by atoms with E-state index in [0.717, 1.165) is 49.7 Å². The minimum atomic E-state index is -0.0472. The first-order valence-corrected chi connectivity index (χ1v) is 9.16. The Morgan fingerprint density at radius 2 is 1.62 bits per heavy atom. The Morgan fingerprint density at radius 3 is 2.35 bits per heavy atom. The van der Waals surface area contributed by atoms with Crippen LogP contribution < -0.4 is 14.5 Å². The van der Waals surface area contributed by atoms with Crippen LogP contribution in [0.3, 0.4) is 0 Å². The van der Waals surface area contributed by atoms with Gasteiger partial charge in [-0.2, -0.15) is 0 Å². The molecule has 0 bridgehead atoms. The number of ether oxygens (including phenoxy) is 1. The molecule has 2 heterocycles. The number of carbonyl (C=O) groups excluding carboxylic acids is 1. The standard InChI is InChI=1S/C21H25N3O2/c1-22-15-17(16-7-3-4-8-18(16)22)21(25)24-13-11-23(12-14-24)19-9-5-6-10-20(19)26-2/h3-10,17H,11-15H2,1-2H3. The summed E-state index contributed by atoms with van der Waals surface area (Å²) in [6.45, 7) is 3.93. The van der Waals surface area contributed by atoms with Crippen LogP contribution in [-0.4, -0.2) is 57.7 Å². The van der Waals surface area contributed by atoms with Crippen molar-refractivity contribution in [1.29, 1.82) is 0 Å². The maximum Gasteiger partial charge on any atom is 0.232 e. The van der Waals surface area contributed by atoms with Gasteiger partial charge in [0.2, 0.25) is 5.91 Å². The van der Waals surface area contributed by atoms with Crippen LogP contribution in [0.1, 0.15) is 11.5 Å². The van der Waals surface area contributed by atoms with Crippen molar-refractivity contribution >= 4 is 17.3 Å². The van der Waals surface area contributed by atoms with E-state index in [9.17, 15) is 4.79 Å². The van der Waals surface area contributed by atoms with E-state index >= 15 is 0 Å². The number of nitrogens with zero attached hydrogens (tertiary/aromatic N) is 3. The number of benzene rings is 2. The zero-order valence-electron chi connectivity index (χ0n) is 15.4. The summed E-state index contributed by atoms with van der Waals surface area (Å²) >= 11 is 0. The van der Waals surface area contributed by atoms with E-state index in [0.29, 0.717) is 0 Å². The second-order valence-electron chi connectivity index (χ2n) is 6.98. The summed E-state index contributed by atoms with van der Waals surface area (Å²) in [6.07, 6.45) is 0. The number of likely N-dealkylation sites (N-methyl/N-ethyl adjacent to an activating group) is 1. The molecule has 5 nitrogen and oxygen atoms in total. The van der Waals surface area contributed by atoms with Crippen LogP contribution in [0, 0.1) is 0 Å². The van der Waals surface area contributed by atoms with Crippen molar-refractivity contribution in [2.45, 2.75) is 5.92 Å². The molecule has 1 unspecified atom stereocenters. The molecule has 0 radical (unpaired) electrons. The summed E-state index contributed by atoms with van der Waals surface area (Å²) in [5.41, 5.74) is 3.44. The molecule has 2 aromatic carbocycles. The first kappa shape index (κ1) is 16.8. The fourth-order valence-electron chi connectivity index (χ4n) is 4.09. The normalized spacial score (nSPS) is 19.5. The number of amides is 1. The number of piperazine rings is 1. The monoisotopic (exact) mass is 351 g/mol. The van der Waals surface area contributed by atoms with Crippen LogP contribution in [0.15, 0.2) is 48.5 Å². The molecule has 0 saturated carbocycles. The highest BCUT2D eigenvalue weighted by Crippen LogP contribution is 2.36. The number of methoxy groups -OCH3 is 1. The molecule has 0 N–H and O–H groups in total. The number of rotatable bonds is 3. The first-order chi connectivity index (χ1) is 12.7. The topological polar surface area (TPSA) is 36.0 Å². The van der Waals surface area contributed by atoms with Crippen molar-refractivity contribution in [3.8, 4) is 5.75 Å². The van der Waals surface area contributed by atoms with Crippen LogP contribution in [0.4, 0.5) is 11.4 Å². The number of hydrogen-bond donors (Lipinski definition) is 0. The molecule has 2 aromatic rings. The summed E-state index contributed by atoms with van der Waals surface area (Å²) < 4.78 is 5.48. The molecule has 2 aliphatic rings. The summed E-state index contributed by atoms with van der Waals surface area (Å²) in [4.78, 5) is 19.6. The molecule has 0 aromatic heterocycles. The quantitative estimate of drug-likeness (QED) is 0.852. The third kappa shape index (κ3) is 2.87. The van der Waals surface area contributed by atoms with E-state index in [4.69, 9.17) is 4.74 Å². The maximum absolute atomic E-state index is 13.1. The van der Waals surface area contributed by atoms with Gasteiger partial charge in [0.15, 0.2) is 0 Å². The Labute approximate surface area is 154 Å². The number of fused-ring (bicyclic) bond motifs is 1. The third-order valence-corrected chi connectivity index (χ3v) is 5.50. The molecule has 1 saturated heterocycles. The highest BCUT2D eigenvalue weighted by atomic mass is 16.5. The minimum absolute atomic E-state index is 0.0472. The minimum Gasteiger partial charge on any atom is -0.495 e. The maximum atomic E-state index is 13.1. The highest BCUT2D eigenvalue weighted by Gasteiger charge is 2.35. The van der Waals surface area contributed by atoms with Crippen LogP contribution in [0.25, 0.3) is 0 Å². The second kappa shape index (κ2) is 6.90. The molecule has 1 atom stereocenters. The molecular weight excluding hydrogens is 326 g/mol. The summed E-state index contributed by atoms with van der Waals surface area (Å²) in [5, 5.41) is 0. The molecule has 0 spiro atoms. The molecule has 2 aliphatic heterocycles. The Balaban J connectivity index is 1.45. The zero-order valence-corrected chi connectivity index (χ0v) is 15.4. The van der Waals surface area contributed by atoms with E-state index in [-0.39, 0.29) is 11.8 Å². The fourth-order valence-corrected chi connectivity index (χ4v) is 4.09. The van der Waals surface area contributed by atoms with Gasteiger partial charge in [-0.15, -0.1) is 0 Å². The molecule has 0 aliphatic carbocycles. The molecule has 4 rings (SSSR count). The second-order valence-corrected chi connectivity index (χ2v) is 6.98. The molecule has 1 amide bonds. The van der Waals surface area contributed by atoms with Crippen LogP contribution in [0.5, 0.6) is 5.75 Å². The lowest BCUT2D eigenvalue weighted by molar-refractivity contribution is -0.132. The Morgan fingerprint density at radius 1 is 0.962 bits per heavy atom. The number of para-hydroxylation sites is 3. The Kier molecular flexibility index (Phi) is 4.45. The van der Waals surface area contributed by atoms with E-state index < -0.39 is 0 Å². The van der Waals surface area contributed by atoms with E-state index in [1.807, 2.05) is 35.2 Å². The molecule has 26 heavy (non-hydrogen) atoms. The van der Waals surface area contributed by atoms with Crippen molar-refractivity contribution < 1.29 is 9.53 Å².